The minimum atomic E-state index is -4.45. The first kappa shape index (κ1) is 20.9. The molecule has 2 rings (SSSR count). The van der Waals surface area contributed by atoms with Crippen LogP contribution in [0.3, 0.4) is 0 Å². The molecule has 0 aliphatic rings. The van der Waals surface area contributed by atoms with Crippen LogP contribution in [0.4, 0.5) is 18.9 Å². The molecule has 0 aromatic heterocycles. The molecule has 0 unspecified atom stereocenters. The summed E-state index contributed by atoms with van der Waals surface area (Å²) >= 11 is 2.88. The van der Waals surface area contributed by atoms with Gasteiger partial charge in [-0.05, 0) is 35.9 Å². The van der Waals surface area contributed by atoms with Crippen molar-refractivity contribution in [3.05, 3.63) is 63.6 Å². The molecule has 0 fully saturated rings. The van der Waals surface area contributed by atoms with Gasteiger partial charge in [-0.1, -0.05) is 28.1 Å². The van der Waals surface area contributed by atoms with Crippen molar-refractivity contribution in [1.82, 2.24) is 0 Å². The third kappa shape index (κ3) is 6.37. The van der Waals surface area contributed by atoms with E-state index in [1.807, 2.05) is 0 Å². The van der Waals surface area contributed by atoms with Crippen LogP contribution in [-0.2, 0) is 22.3 Å². The van der Waals surface area contributed by atoms with Crippen LogP contribution in [0, 0.1) is 0 Å². The number of hydrogen-bond donors (Lipinski definition) is 2. The van der Waals surface area contributed by atoms with E-state index in [0.29, 0.717) is 11.3 Å². The van der Waals surface area contributed by atoms with E-state index < -0.39 is 17.7 Å². The van der Waals surface area contributed by atoms with Crippen molar-refractivity contribution in [3.63, 3.8) is 0 Å². The zero-order chi connectivity index (χ0) is 20.0. The first-order valence-electron chi connectivity index (χ1n) is 7.69. The average molecular weight is 446 g/mol. The molecule has 2 aromatic carbocycles. The zero-order valence-electron chi connectivity index (χ0n) is 13.8. The summed E-state index contributed by atoms with van der Waals surface area (Å²) in [5.74, 6) is -1.36. The lowest BCUT2D eigenvalue weighted by atomic mass is 10.1. The molecule has 0 amide bonds. The Bertz CT molecular complexity index is 840. The molecule has 0 saturated carbocycles. The van der Waals surface area contributed by atoms with Gasteiger partial charge in [-0.3, -0.25) is 4.79 Å². The van der Waals surface area contributed by atoms with E-state index in [-0.39, 0.29) is 35.6 Å². The fourth-order valence-corrected chi connectivity index (χ4v) is 2.83. The second-order valence-electron chi connectivity index (χ2n) is 5.58. The summed E-state index contributed by atoms with van der Waals surface area (Å²) < 4.78 is 43.2. The minimum absolute atomic E-state index is 0.0169. The van der Waals surface area contributed by atoms with Gasteiger partial charge in [0, 0.05) is 10.2 Å². The van der Waals surface area contributed by atoms with Gasteiger partial charge in [0.25, 0.3) is 0 Å². The van der Waals surface area contributed by atoms with Crippen molar-refractivity contribution in [3.8, 4) is 0 Å². The number of halogens is 4. The maximum Gasteiger partial charge on any atom is 0.417 e. The molecule has 0 atom stereocenters. The molecule has 0 spiro atoms. The molecule has 9 heteroatoms. The van der Waals surface area contributed by atoms with E-state index in [1.54, 1.807) is 12.1 Å². The highest BCUT2D eigenvalue weighted by molar-refractivity contribution is 9.10. The summed E-state index contributed by atoms with van der Waals surface area (Å²) in [6.45, 7) is -0.318. The predicted octanol–water partition coefficient (Wildman–Crippen LogP) is 4.36. The summed E-state index contributed by atoms with van der Waals surface area (Å²) in [7, 11) is 0. The van der Waals surface area contributed by atoms with Gasteiger partial charge in [0.2, 0.25) is 0 Å². The lowest BCUT2D eigenvalue weighted by Gasteiger charge is -2.11. The molecule has 27 heavy (non-hydrogen) atoms. The summed E-state index contributed by atoms with van der Waals surface area (Å²) in [6.07, 6.45) is -4.45. The van der Waals surface area contributed by atoms with Crippen molar-refractivity contribution in [2.24, 2.45) is 0 Å². The molecule has 0 aliphatic heterocycles. The highest BCUT2D eigenvalue weighted by Gasteiger charge is 2.32. The Morgan fingerprint density at radius 1 is 1.15 bits per heavy atom. The average Bonchev–Trinajstić information content (AvgIpc) is 2.59. The number of anilines is 1. The van der Waals surface area contributed by atoms with Gasteiger partial charge in [0.1, 0.15) is 6.61 Å². The highest BCUT2D eigenvalue weighted by Crippen LogP contribution is 2.35. The third-order valence-corrected chi connectivity index (χ3v) is 4.13. The Balaban J connectivity index is 1.80. The fraction of sp³-hybridized carbons (Fsp3) is 0.222. The number of carbonyl (C=O) groups is 2. The highest BCUT2D eigenvalue weighted by atomic mass is 79.9. The third-order valence-electron chi connectivity index (χ3n) is 3.47. The number of Topliss-reactive ketones (excluding diaryl/α,β-unsaturated/α-hetero) is 1. The van der Waals surface area contributed by atoms with Crippen LogP contribution >= 0.6 is 15.9 Å². The smallest absolute Gasteiger partial charge is 0.417 e. The number of carboxylic acids is 1. The van der Waals surface area contributed by atoms with Crippen LogP contribution in [0.1, 0.15) is 21.5 Å². The lowest BCUT2D eigenvalue weighted by molar-refractivity contribution is -0.138. The molecule has 144 valence electrons. The number of aromatic carboxylic acids is 1. The van der Waals surface area contributed by atoms with Crippen molar-refractivity contribution in [2.75, 3.05) is 18.5 Å². The van der Waals surface area contributed by atoms with E-state index in [0.717, 1.165) is 6.07 Å². The van der Waals surface area contributed by atoms with Crippen molar-refractivity contribution in [2.45, 2.75) is 12.8 Å². The van der Waals surface area contributed by atoms with Gasteiger partial charge in [0.15, 0.2) is 5.78 Å². The Morgan fingerprint density at radius 2 is 1.89 bits per heavy atom. The number of ether oxygens (including phenoxy) is 1. The Kier molecular flexibility index (Phi) is 6.98. The molecule has 2 aromatic rings. The van der Waals surface area contributed by atoms with Crippen molar-refractivity contribution in [1.29, 1.82) is 0 Å². The number of ketones is 1. The maximum atomic E-state index is 12.7. The predicted molar refractivity (Wildman–Crippen MR) is 95.7 cm³/mol. The van der Waals surface area contributed by atoms with Crippen LogP contribution in [0.2, 0.25) is 0 Å². The van der Waals surface area contributed by atoms with Crippen LogP contribution in [0.15, 0.2) is 46.9 Å². The Hall–Kier alpha value is -2.39. The molecule has 0 aliphatic carbocycles. The van der Waals surface area contributed by atoms with Gasteiger partial charge < -0.3 is 15.2 Å². The Morgan fingerprint density at radius 3 is 2.52 bits per heavy atom. The summed E-state index contributed by atoms with van der Waals surface area (Å²) in [6, 6.07) is 9.53. The number of carboxylic acid groups (broad SMARTS) is 1. The normalized spacial score (nSPS) is 11.3. The molecule has 5 nitrogen and oxygen atoms in total. The van der Waals surface area contributed by atoms with E-state index in [1.165, 1.54) is 24.3 Å². The fourth-order valence-electron chi connectivity index (χ4n) is 2.17. The van der Waals surface area contributed by atoms with E-state index in [4.69, 9.17) is 9.84 Å². The second-order valence-corrected chi connectivity index (χ2v) is 6.44. The second kappa shape index (κ2) is 9.01. The quantitative estimate of drug-likeness (QED) is 0.631. The number of alkyl halides is 3. The van der Waals surface area contributed by atoms with Gasteiger partial charge in [0.05, 0.1) is 24.3 Å². The minimum Gasteiger partial charge on any atom is -0.478 e. The number of benzene rings is 2. The zero-order valence-corrected chi connectivity index (χ0v) is 15.4. The SMILES string of the molecule is O=C(CNc1cccc(C(=O)O)c1)COCc1ccc(C(F)(F)F)c(Br)c1. The summed E-state index contributed by atoms with van der Waals surface area (Å²) in [5.41, 5.74) is 0.284. The first-order chi connectivity index (χ1) is 12.7. The maximum absolute atomic E-state index is 12.7. The van der Waals surface area contributed by atoms with Gasteiger partial charge in [-0.2, -0.15) is 13.2 Å². The molecule has 0 radical (unpaired) electrons. The van der Waals surface area contributed by atoms with E-state index in [2.05, 4.69) is 21.2 Å². The topological polar surface area (TPSA) is 75.6 Å². The number of hydrogen-bond acceptors (Lipinski definition) is 4. The number of carbonyl (C=O) groups excluding carboxylic acids is 1. The van der Waals surface area contributed by atoms with E-state index in [9.17, 15) is 22.8 Å². The standard InChI is InChI=1S/C18H15BrF3NO4/c19-16-6-11(4-5-15(16)18(20,21)22)9-27-10-14(24)8-23-13-3-1-2-12(7-13)17(25)26/h1-7,23H,8-10H2,(H,25,26). The van der Waals surface area contributed by atoms with Crippen LogP contribution in [0.25, 0.3) is 0 Å². The summed E-state index contributed by atoms with van der Waals surface area (Å²) in [4.78, 5) is 22.7. The molecule has 0 heterocycles. The van der Waals surface area contributed by atoms with Gasteiger partial charge in [-0.15, -0.1) is 0 Å². The van der Waals surface area contributed by atoms with Crippen LogP contribution in [-0.4, -0.2) is 30.0 Å². The number of nitrogens with one attached hydrogen (secondary N) is 1. The Labute approximate surface area is 161 Å². The van der Waals surface area contributed by atoms with Crippen molar-refractivity contribution < 1.29 is 32.6 Å². The molecular weight excluding hydrogens is 431 g/mol. The van der Waals surface area contributed by atoms with Gasteiger partial charge >= 0.3 is 12.1 Å². The largest absolute Gasteiger partial charge is 0.478 e. The van der Waals surface area contributed by atoms with Crippen LogP contribution in [0.5, 0.6) is 0 Å². The monoisotopic (exact) mass is 445 g/mol. The van der Waals surface area contributed by atoms with E-state index >= 15 is 0 Å². The van der Waals surface area contributed by atoms with Crippen molar-refractivity contribution >= 4 is 33.4 Å². The molecule has 0 saturated heterocycles. The molecule has 2 N–H and O–H groups in total. The van der Waals surface area contributed by atoms with Gasteiger partial charge in [-0.25, -0.2) is 4.79 Å². The number of rotatable bonds is 8. The molecular formula is C18H15BrF3NO4. The summed E-state index contributed by atoms with van der Waals surface area (Å²) in [5, 5.41) is 11.7. The molecule has 0 bridgehead atoms. The lowest BCUT2D eigenvalue weighted by Crippen LogP contribution is -2.19. The first-order valence-corrected chi connectivity index (χ1v) is 8.48. The van der Waals surface area contributed by atoms with Crippen LogP contribution < -0.4 is 5.32 Å².